The number of ether oxygens (including phenoxy) is 1. The van der Waals surface area contributed by atoms with Crippen LogP contribution in [0, 0.1) is 6.92 Å². The fraction of sp³-hybridized carbons (Fsp3) is 0.533. The topological polar surface area (TPSA) is 55.6 Å². The van der Waals surface area contributed by atoms with Gasteiger partial charge in [-0.3, -0.25) is 4.79 Å². The van der Waals surface area contributed by atoms with Crippen LogP contribution in [0.5, 0.6) is 0 Å². The molecule has 1 atom stereocenters. The third kappa shape index (κ3) is 3.47. The Labute approximate surface area is 114 Å². The quantitative estimate of drug-likeness (QED) is 0.850. The number of hydrogen-bond acceptors (Lipinski definition) is 3. The Bertz CT molecular complexity index is 437. The summed E-state index contributed by atoms with van der Waals surface area (Å²) in [5.74, 6) is 0.0554. The summed E-state index contributed by atoms with van der Waals surface area (Å²) in [4.78, 5) is 14.3. The molecule has 104 valence electrons. The van der Waals surface area contributed by atoms with Gasteiger partial charge in [-0.05, 0) is 50.5 Å². The van der Waals surface area contributed by atoms with E-state index in [9.17, 15) is 4.79 Å². The number of nitrogens with two attached hydrogens (primary N) is 1. The number of nitrogen functional groups attached to an aromatic ring is 1. The minimum atomic E-state index is 0.0554. The molecule has 1 aromatic rings. The molecule has 0 radical (unpaired) electrons. The lowest BCUT2D eigenvalue weighted by Gasteiger charge is -2.32. The minimum Gasteiger partial charge on any atom is -0.399 e. The highest BCUT2D eigenvalue weighted by Crippen LogP contribution is 2.18. The molecule has 1 aromatic carbocycles. The fourth-order valence-corrected chi connectivity index (χ4v) is 2.61. The number of rotatable bonds is 3. The maximum absolute atomic E-state index is 12.5. The number of piperidine rings is 1. The van der Waals surface area contributed by atoms with E-state index in [0.29, 0.717) is 24.4 Å². The van der Waals surface area contributed by atoms with Crippen LogP contribution in [0.2, 0.25) is 0 Å². The van der Waals surface area contributed by atoms with E-state index in [-0.39, 0.29) is 12.0 Å². The zero-order chi connectivity index (χ0) is 13.8. The number of carbonyl (C=O) groups is 1. The first-order valence-electron chi connectivity index (χ1n) is 6.88. The highest BCUT2D eigenvalue weighted by Gasteiger charge is 2.24. The van der Waals surface area contributed by atoms with Gasteiger partial charge in [0, 0.05) is 30.9 Å². The number of nitrogens with zero attached hydrogens (tertiary/aromatic N) is 1. The number of carbonyl (C=O) groups excluding carboxylic acids is 1. The summed E-state index contributed by atoms with van der Waals surface area (Å²) in [6.45, 7) is 6.12. The number of aryl methyl sites for hydroxylation is 1. The summed E-state index contributed by atoms with van der Waals surface area (Å²) in [6.07, 6.45) is 2.20. The molecule has 4 nitrogen and oxygen atoms in total. The van der Waals surface area contributed by atoms with Crippen molar-refractivity contribution in [3.8, 4) is 0 Å². The molecule has 1 fully saturated rings. The highest BCUT2D eigenvalue weighted by atomic mass is 16.5. The summed E-state index contributed by atoms with van der Waals surface area (Å²) in [5, 5.41) is 0. The normalized spacial score (nSPS) is 19.5. The second-order valence-electron chi connectivity index (χ2n) is 5.10. The number of benzene rings is 1. The lowest BCUT2D eigenvalue weighted by molar-refractivity contribution is 0.00724. The Morgan fingerprint density at radius 2 is 2.26 bits per heavy atom. The third-order valence-electron chi connectivity index (χ3n) is 3.41. The maximum atomic E-state index is 12.5. The molecule has 1 unspecified atom stereocenters. The van der Waals surface area contributed by atoms with Crippen LogP contribution in [0.1, 0.15) is 35.7 Å². The molecule has 1 aliphatic heterocycles. The van der Waals surface area contributed by atoms with Gasteiger partial charge in [0.05, 0.1) is 6.10 Å². The number of amides is 1. The Hall–Kier alpha value is -1.55. The van der Waals surface area contributed by atoms with E-state index in [0.717, 1.165) is 24.9 Å². The van der Waals surface area contributed by atoms with E-state index in [2.05, 4.69) is 0 Å². The summed E-state index contributed by atoms with van der Waals surface area (Å²) >= 11 is 0. The van der Waals surface area contributed by atoms with Gasteiger partial charge in [-0.1, -0.05) is 0 Å². The van der Waals surface area contributed by atoms with Crippen LogP contribution in [-0.4, -0.2) is 36.6 Å². The number of hydrogen-bond donors (Lipinski definition) is 1. The van der Waals surface area contributed by atoms with Crippen molar-refractivity contribution < 1.29 is 9.53 Å². The Morgan fingerprint density at radius 1 is 1.47 bits per heavy atom. The number of anilines is 1. The van der Waals surface area contributed by atoms with Crippen molar-refractivity contribution in [3.05, 3.63) is 29.3 Å². The van der Waals surface area contributed by atoms with Gasteiger partial charge >= 0.3 is 0 Å². The third-order valence-corrected chi connectivity index (χ3v) is 3.41. The molecule has 1 heterocycles. The fourth-order valence-electron chi connectivity index (χ4n) is 2.61. The molecular weight excluding hydrogens is 240 g/mol. The molecule has 4 heteroatoms. The van der Waals surface area contributed by atoms with Crippen LogP contribution in [0.3, 0.4) is 0 Å². The molecule has 0 aromatic heterocycles. The first kappa shape index (κ1) is 13.9. The van der Waals surface area contributed by atoms with Crippen molar-refractivity contribution in [2.75, 3.05) is 25.4 Å². The van der Waals surface area contributed by atoms with Gasteiger partial charge in [-0.25, -0.2) is 0 Å². The van der Waals surface area contributed by atoms with Crippen molar-refractivity contribution >= 4 is 11.6 Å². The Morgan fingerprint density at radius 3 is 2.95 bits per heavy atom. The van der Waals surface area contributed by atoms with Gasteiger partial charge in [-0.2, -0.15) is 0 Å². The zero-order valence-corrected chi connectivity index (χ0v) is 11.7. The predicted molar refractivity (Wildman–Crippen MR) is 76.1 cm³/mol. The molecule has 19 heavy (non-hydrogen) atoms. The summed E-state index contributed by atoms with van der Waals surface area (Å²) in [5.41, 5.74) is 8.14. The smallest absolute Gasteiger partial charge is 0.254 e. The summed E-state index contributed by atoms with van der Waals surface area (Å²) in [6, 6.07) is 5.51. The summed E-state index contributed by atoms with van der Waals surface area (Å²) in [7, 11) is 0. The van der Waals surface area contributed by atoms with Crippen molar-refractivity contribution in [2.45, 2.75) is 32.8 Å². The van der Waals surface area contributed by atoms with E-state index in [4.69, 9.17) is 10.5 Å². The van der Waals surface area contributed by atoms with Crippen molar-refractivity contribution in [1.82, 2.24) is 4.90 Å². The van der Waals surface area contributed by atoms with E-state index >= 15 is 0 Å². The van der Waals surface area contributed by atoms with Gasteiger partial charge in [0.2, 0.25) is 0 Å². The van der Waals surface area contributed by atoms with E-state index in [1.165, 1.54) is 0 Å². The van der Waals surface area contributed by atoms with Crippen molar-refractivity contribution in [2.24, 2.45) is 0 Å². The summed E-state index contributed by atoms with van der Waals surface area (Å²) < 4.78 is 5.63. The molecule has 1 aliphatic rings. The molecule has 0 bridgehead atoms. The van der Waals surface area contributed by atoms with Crippen molar-refractivity contribution in [3.63, 3.8) is 0 Å². The average Bonchev–Trinajstić information content (AvgIpc) is 2.37. The average molecular weight is 262 g/mol. The second kappa shape index (κ2) is 6.06. The molecule has 0 aliphatic carbocycles. The van der Waals surface area contributed by atoms with Gasteiger partial charge in [0.25, 0.3) is 5.91 Å². The van der Waals surface area contributed by atoms with Crippen LogP contribution in [0.15, 0.2) is 18.2 Å². The van der Waals surface area contributed by atoms with Crippen LogP contribution >= 0.6 is 0 Å². The molecular formula is C15H22N2O2. The zero-order valence-electron chi connectivity index (χ0n) is 11.7. The van der Waals surface area contributed by atoms with E-state index in [1.54, 1.807) is 6.07 Å². The maximum Gasteiger partial charge on any atom is 0.254 e. The van der Waals surface area contributed by atoms with Crippen LogP contribution in [0.4, 0.5) is 5.69 Å². The largest absolute Gasteiger partial charge is 0.399 e. The lowest BCUT2D eigenvalue weighted by atomic mass is 10.0. The predicted octanol–water partition coefficient (Wildman–Crippen LogP) is 2.22. The second-order valence-corrected chi connectivity index (χ2v) is 5.10. The molecule has 0 saturated carbocycles. The lowest BCUT2D eigenvalue weighted by Crippen LogP contribution is -2.43. The molecule has 1 amide bonds. The van der Waals surface area contributed by atoms with Crippen LogP contribution < -0.4 is 5.73 Å². The highest BCUT2D eigenvalue weighted by molar-refractivity contribution is 5.95. The monoisotopic (exact) mass is 262 g/mol. The van der Waals surface area contributed by atoms with Crippen LogP contribution in [-0.2, 0) is 4.74 Å². The molecule has 0 spiro atoms. The Balaban J connectivity index is 2.10. The standard InChI is InChI=1S/C15H22N2O2/c1-3-19-14-5-4-6-17(10-14)15(18)12-7-11(2)8-13(16)9-12/h7-9,14H,3-6,10,16H2,1-2H3. The van der Waals surface area contributed by atoms with Gasteiger partial charge in [0.15, 0.2) is 0 Å². The van der Waals surface area contributed by atoms with E-state index < -0.39 is 0 Å². The SMILES string of the molecule is CCOC1CCCN(C(=O)c2cc(C)cc(N)c2)C1. The Kier molecular flexibility index (Phi) is 4.43. The van der Waals surface area contributed by atoms with Gasteiger partial charge in [0.1, 0.15) is 0 Å². The van der Waals surface area contributed by atoms with Gasteiger partial charge < -0.3 is 15.4 Å². The number of likely N-dealkylation sites (tertiary alicyclic amines) is 1. The van der Waals surface area contributed by atoms with E-state index in [1.807, 2.05) is 30.9 Å². The molecule has 1 saturated heterocycles. The molecule has 2 rings (SSSR count). The first-order chi connectivity index (χ1) is 9.10. The van der Waals surface area contributed by atoms with Crippen LogP contribution in [0.25, 0.3) is 0 Å². The van der Waals surface area contributed by atoms with Gasteiger partial charge in [-0.15, -0.1) is 0 Å². The first-order valence-corrected chi connectivity index (χ1v) is 6.88. The van der Waals surface area contributed by atoms with Crippen molar-refractivity contribution in [1.29, 1.82) is 0 Å². The molecule has 2 N–H and O–H groups in total. The minimum absolute atomic E-state index is 0.0554.